The zero-order valence-electron chi connectivity index (χ0n) is 18.4. The Labute approximate surface area is 187 Å². The monoisotopic (exact) mass is 442 g/mol. The average molecular weight is 443 g/mol. The Hall–Kier alpha value is -2.45. The van der Waals surface area contributed by atoms with Gasteiger partial charge in [0.2, 0.25) is 11.8 Å². The van der Waals surface area contributed by atoms with Crippen molar-refractivity contribution in [2.45, 2.75) is 45.2 Å². The second-order valence-corrected chi connectivity index (χ2v) is 9.42. The standard InChI is InChI=1S/C23H30N4O3S/c1-4-5-11-27-20(28)13-17(21(27)15-6-8-16(30-3)9-7-15)22(29)25-23-24-18-10-12-26(2)14-19(18)31-23/h6-9,17,21H,4-5,10-14H2,1-3H3,(H,24,25,29)/t17-,21-/m1/s1. The summed E-state index contributed by atoms with van der Waals surface area (Å²) in [6, 6.07) is 7.41. The third-order valence-electron chi connectivity index (χ3n) is 6.13. The van der Waals surface area contributed by atoms with Crippen LogP contribution in [0.2, 0.25) is 0 Å². The summed E-state index contributed by atoms with van der Waals surface area (Å²) in [4.78, 5) is 36.1. The van der Waals surface area contributed by atoms with Crippen molar-refractivity contribution in [2.75, 3.05) is 32.6 Å². The van der Waals surface area contributed by atoms with Gasteiger partial charge in [0.1, 0.15) is 5.75 Å². The quantitative estimate of drug-likeness (QED) is 0.711. The minimum atomic E-state index is -0.443. The molecule has 0 spiro atoms. The van der Waals surface area contributed by atoms with E-state index in [1.54, 1.807) is 18.4 Å². The number of anilines is 1. The summed E-state index contributed by atoms with van der Waals surface area (Å²) < 4.78 is 5.28. The van der Waals surface area contributed by atoms with Crippen molar-refractivity contribution in [2.24, 2.45) is 5.92 Å². The molecule has 0 radical (unpaired) electrons. The molecule has 0 bridgehead atoms. The third-order valence-corrected chi connectivity index (χ3v) is 7.13. The molecule has 1 fully saturated rings. The predicted octanol–water partition coefficient (Wildman–Crippen LogP) is 3.47. The molecule has 2 aliphatic rings. The molecule has 2 aliphatic heterocycles. The number of unbranched alkanes of at least 4 members (excludes halogenated alkanes) is 1. The number of aromatic nitrogens is 1. The summed E-state index contributed by atoms with van der Waals surface area (Å²) in [5.74, 6) is 0.218. The fourth-order valence-corrected chi connectivity index (χ4v) is 5.50. The molecule has 166 valence electrons. The van der Waals surface area contributed by atoms with Crippen LogP contribution >= 0.6 is 11.3 Å². The van der Waals surface area contributed by atoms with Crippen LogP contribution in [-0.4, -0.2) is 53.8 Å². The van der Waals surface area contributed by atoms with Gasteiger partial charge in [-0.3, -0.25) is 9.59 Å². The van der Waals surface area contributed by atoms with Gasteiger partial charge in [-0.25, -0.2) is 4.98 Å². The summed E-state index contributed by atoms with van der Waals surface area (Å²) in [6.45, 7) is 4.61. The highest BCUT2D eigenvalue weighted by Gasteiger charge is 2.44. The van der Waals surface area contributed by atoms with Gasteiger partial charge in [-0.05, 0) is 31.2 Å². The van der Waals surface area contributed by atoms with Gasteiger partial charge >= 0.3 is 0 Å². The Morgan fingerprint density at radius 2 is 2.10 bits per heavy atom. The van der Waals surface area contributed by atoms with Crippen molar-refractivity contribution in [1.82, 2.24) is 14.8 Å². The van der Waals surface area contributed by atoms with Crippen LogP contribution in [0, 0.1) is 5.92 Å². The van der Waals surface area contributed by atoms with Gasteiger partial charge < -0.3 is 19.9 Å². The van der Waals surface area contributed by atoms with Crippen LogP contribution in [0.3, 0.4) is 0 Å². The maximum Gasteiger partial charge on any atom is 0.232 e. The fourth-order valence-electron chi connectivity index (χ4n) is 4.41. The number of carbonyl (C=O) groups is 2. The van der Waals surface area contributed by atoms with E-state index < -0.39 is 5.92 Å². The van der Waals surface area contributed by atoms with Crippen molar-refractivity contribution in [3.63, 3.8) is 0 Å². The molecule has 4 rings (SSSR count). The van der Waals surface area contributed by atoms with Gasteiger partial charge in [0.25, 0.3) is 0 Å². The second kappa shape index (κ2) is 9.36. The van der Waals surface area contributed by atoms with Crippen molar-refractivity contribution >= 4 is 28.3 Å². The van der Waals surface area contributed by atoms with E-state index in [-0.39, 0.29) is 24.3 Å². The topological polar surface area (TPSA) is 74.8 Å². The summed E-state index contributed by atoms with van der Waals surface area (Å²) in [6.07, 6.45) is 3.04. The first kappa shape index (κ1) is 21.8. The summed E-state index contributed by atoms with van der Waals surface area (Å²) in [5.41, 5.74) is 2.04. The molecule has 1 saturated heterocycles. The molecule has 2 atom stereocenters. The number of nitrogens with one attached hydrogen (secondary N) is 1. The van der Waals surface area contributed by atoms with Crippen LogP contribution in [-0.2, 0) is 22.6 Å². The third kappa shape index (κ3) is 4.60. The van der Waals surface area contributed by atoms with Crippen molar-refractivity contribution in [3.8, 4) is 5.75 Å². The molecule has 1 aromatic heterocycles. The van der Waals surface area contributed by atoms with Gasteiger partial charge in [0.15, 0.2) is 5.13 Å². The number of benzene rings is 1. The number of hydrogen-bond donors (Lipinski definition) is 1. The van der Waals surface area contributed by atoms with E-state index in [0.29, 0.717) is 11.7 Å². The number of likely N-dealkylation sites (N-methyl/N-ethyl adjacent to an activating group) is 1. The van der Waals surface area contributed by atoms with Crippen molar-refractivity contribution in [1.29, 1.82) is 0 Å². The lowest BCUT2D eigenvalue weighted by Crippen LogP contribution is -2.33. The highest BCUT2D eigenvalue weighted by atomic mass is 32.1. The molecular weight excluding hydrogens is 412 g/mol. The number of methoxy groups -OCH3 is 1. The molecule has 2 amide bonds. The molecular formula is C23H30N4O3S. The molecule has 31 heavy (non-hydrogen) atoms. The lowest BCUT2D eigenvalue weighted by molar-refractivity contribution is -0.129. The zero-order chi connectivity index (χ0) is 22.0. The number of nitrogens with zero attached hydrogens (tertiary/aromatic N) is 3. The number of carbonyl (C=O) groups excluding carboxylic acids is 2. The van der Waals surface area contributed by atoms with Crippen LogP contribution in [0.4, 0.5) is 5.13 Å². The molecule has 0 saturated carbocycles. The maximum atomic E-state index is 13.3. The molecule has 1 N–H and O–H groups in total. The van der Waals surface area contributed by atoms with Crippen LogP contribution < -0.4 is 10.1 Å². The Balaban J connectivity index is 1.56. The van der Waals surface area contributed by atoms with Crippen molar-refractivity contribution < 1.29 is 14.3 Å². The van der Waals surface area contributed by atoms with Crippen molar-refractivity contribution in [3.05, 3.63) is 40.4 Å². The Morgan fingerprint density at radius 1 is 1.32 bits per heavy atom. The first-order valence-electron chi connectivity index (χ1n) is 10.9. The zero-order valence-corrected chi connectivity index (χ0v) is 19.2. The Kier molecular flexibility index (Phi) is 6.57. The fraction of sp³-hybridized carbons (Fsp3) is 0.522. The van der Waals surface area contributed by atoms with Gasteiger partial charge in [0.05, 0.1) is 24.8 Å². The van der Waals surface area contributed by atoms with Crippen LogP contribution in [0.25, 0.3) is 0 Å². The van der Waals surface area contributed by atoms with Gasteiger partial charge in [0, 0.05) is 37.4 Å². The van der Waals surface area contributed by atoms with Crippen LogP contribution in [0.15, 0.2) is 24.3 Å². The number of hydrogen-bond acceptors (Lipinski definition) is 6. The highest BCUT2D eigenvalue weighted by molar-refractivity contribution is 7.15. The van der Waals surface area contributed by atoms with Gasteiger partial charge in [-0.1, -0.05) is 25.5 Å². The average Bonchev–Trinajstić information content (AvgIpc) is 3.31. The van der Waals surface area contributed by atoms with Crippen LogP contribution in [0.1, 0.15) is 48.4 Å². The highest BCUT2D eigenvalue weighted by Crippen LogP contribution is 2.40. The van der Waals surface area contributed by atoms with E-state index in [9.17, 15) is 9.59 Å². The summed E-state index contributed by atoms with van der Waals surface area (Å²) in [7, 11) is 3.72. The predicted molar refractivity (Wildman–Crippen MR) is 121 cm³/mol. The number of amides is 2. The number of fused-ring (bicyclic) bond motifs is 1. The first-order valence-corrected chi connectivity index (χ1v) is 11.7. The minimum Gasteiger partial charge on any atom is -0.497 e. The normalized spacial score (nSPS) is 21.3. The molecule has 0 unspecified atom stereocenters. The number of rotatable bonds is 7. The largest absolute Gasteiger partial charge is 0.497 e. The summed E-state index contributed by atoms with van der Waals surface area (Å²) in [5, 5.41) is 3.66. The Bertz CT molecular complexity index is 943. The smallest absolute Gasteiger partial charge is 0.232 e. The molecule has 1 aromatic carbocycles. The molecule has 8 heteroatoms. The van der Waals surface area contributed by atoms with Gasteiger partial charge in [-0.15, -0.1) is 11.3 Å². The SMILES string of the molecule is CCCCN1C(=O)C[C@@H](C(=O)Nc2nc3c(s2)CN(C)CC3)[C@H]1c1ccc(OC)cc1. The van der Waals surface area contributed by atoms with Gasteiger partial charge in [-0.2, -0.15) is 0 Å². The van der Waals surface area contributed by atoms with E-state index in [0.717, 1.165) is 49.4 Å². The molecule has 2 aromatic rings. The number of ether oxygens (including phenoxy) is 1. The van der Waals surface area contributed by atoms with E-state index in [1.807, 2.05) is 29.2 Å². The molecule has 0 aliphatic carbocycles. The summed E-state index contributed by atoms with van der Waals surface area (Å²) >= 11 is 1.54. The number of likely N-dealkylation sites (tertiary alicyclic amines) is 1. The van der Waals surface area contributed by atoms with Crippen LogP contribution in [0.5, 0.6) is 5.75 Å². The second-order valence-electron chi connectivity index (χ2n) is 8.34. The van der Waals surface area contributed by atoms with E-state index in [1.165, 1.54) is 4.88 Å². The minimum absolute atomic E-state index is 0.0366. The lowest BCUT2D eigenvalue weighted by atomic mass is 9.92. The molecule has 7 nitrogen and oxygen atoms in total. The van der Waals surface area contributed by atoms with E-state index in [2.05, 4.69) is 29.2 Å². The first-order chi connectivity index (χ1) is 15.0. The number of thiazole rings is 1. The lowest BCUT2D eigenvalue weighted by Gasteiger charge is -2.28. The maximum absolute atomic E-state index is 13.3. The van der Waals surface area contributed by atoms with E-state index in [4.69, 9.17) is 4.74 Å². The Morgan fingerprint density at radius 3 is 2.81 bits per heavy atom. The van der Waals surface area contributed by atoms with E-state index >= 15 is 0 Å². The molecule has 3 heterocycles.